The zero-order chi connectivity index (χ0) is 26.1. The van der Waals surface area contributed by atoms with Gasteiger partial charge >= 0.3 is 18.4 Å². The molecule has 3 rings (SSSR count). The molecule has 8 nitrogen and oxygen atoms in total. The smallest absolute Gasteiger partial charge is 0.426 e. The molecule has 1 saturated heterocycles. The lowest BCUT2D eigenvalue weighted by Gasteiger charge is -2.47. The first kappa shape index (κ1) is 27.0. The maximum absolute atomic E-state index is 13.7. The number of hydrogen-bond acceptors (Lipinski definition) is 6. The van der Waals surface area contributed by atoms with Crippen LogP contribution in [-0.2, 0) is 19.7 Å². The predicted octanol–water partition coefficient (Wildman–Crippen LogP) is 3.47. The first-order valence-corrected chi connectivity index (χ1v) is 10.9. The number of rotatable bonds is 7. The molecule has 1 aliphatic carbocycles. The monoisotopic (exact) mass is 512 g/mol. The molecule has 2 aliphatic rings. The molecule has 2 heterocycles. The molecule has 0 spiro atoms. The van der Waals surface area contributed by atoms with Gasteiger partial charge in [-0.2, -0.15) is 26.3 Å². The topological polar surface area (TPSA) is 84.9 Å². The number of carbonyl (C=O) groups excluding carboxylic acids is 2. The van der Waals surface area contributed by atoms with E-state index in [0.29, 0.717) is 18.7 Å². The van der Waals surface area contributed by atoms with Crippen LogP contribution in [0.4, 0.5) is 31.1 Å². The highest BCUT2D eigenvalue weighted by Gasteiger charge is 2.61. The average molecular weight is 512 g/mol. The summed E-state index contributed by atoms with van der Waals surface area (Å²) in [6.45, 7) is 1.79. The van der Waals surface area contributed by atoms with Gasteiger partial charge in [0.1, 0.15) is 11.2 Å². The van der Waals surface area contributed by atoms with Gasteiger partial charge in [-0.15, -0.1) is 0 Å². The Labute approximate surface area is 197 Å². The molecular weight excluding hydrogens is 486 g/mol. The van der Waals surface area contributed by atoms with Crippen molar-refractivity contribution >= 4 is 12.0 Å². The number of ether oxygens (including phenoxy) is 2. The van der Waals surface area contributed by atoms with Gasteiger partial charge in [0.2, 0.25) is 5.91 Å². The Balaban J connectivity index is 1.72. The van der Waals surface area contributed by atoms with Crippen LogP contribution < -0.4 is 0 Å². The lowest BCUT2D eigenvalue weighted by Crippen LogP contribution is -2.59. The zero-order valence-electron chi connectivity index (χ0n) is 19.2. The molecule has 0 unspecified atom stereocenters. The fourth-order valence-corrected chi connectivity index (χ4v) is 4.20. The Hall–Kier alpha value is -2.64. The van der Waals surface area contributed by atoms with Crippen LogP contribution in [0.15, 0.2) is 18.5 Å². The third kappa shape index (κ3) is 5.78. The van der Waals surface area contributed by atoms with Gasteiger partial charge in [-0.05, 0) is 38.7 Å². The van der Waals surface area contributed by atoms with E-state index < -0.39 is 35.5 Å². The van der Waals surface area contributed by atoms with Gasteiger partial charge < -0.3 is 19.3 Å². The first-order valence-electron chi connectivity index (χ1n) is 10.9. The number of hydrogen-bond donors (Lipinski definition) is 0. The molecule has 0 bridgehead atoms. The number of carbonyl (C=O) groups is 2. The third-order valence-electron chi connectivity index (χ3n) is 6.48. The minimum Gasteiger partial charge on any atom is -0.426 e. The fraction of sp³-hybridized carbons (Fsp3) is 0.714. The molecule has 0 atom stereocenters. The SMILES string of the molecule is COCCN(C(=O)C1(c2ncccn2)CC1)C1(C)CCN(C(=O)OC(C(F)(F)F)C(F)(F)F)CC1. The Morgan fingerprint density at radius 3 is 2.06 bits per heavy atom. The van der Waals surface area contributed by atoms with E-state index in [0.717, 1.165) is 4.90 Å². The molecule has 0 N–H and O–H groups in total. The molecule has 1 aliphatic heterocycles. The molecule has 14 heteroatoms. The highest BCUT2D eigenvalue weighted by molar-refractivity contribution is 5.91. The van der Waals surface area contributed by atoms with Gasteiger partial charge in [0.05, 0.1) is 6.61 Å². The van der Waals surface area contributed by atoms with E-state index in [9.17, 15) is 35.9 Å². The predicted molar refractivity (Wildman–Crippen MR) is 108 cm³/mol. The quantitative estimate of drug-likeness (QED) is 0.521. The van der Waals surface area contributed by atoms with Crippen LogP contribution in [0.25, 0.3) is 0 Å². The van der Waals surface area contributed by atoms with Gasteiger partial charge in [-0.3, -0.25) is 4.79 Å². The molecule has 2 fully saturated rings. The van der Waals surface area contributed by atoms with Gasteiger partial charge in [0.25, 0.3) is 6.10 Å². The molecule has 0 aromatic carbocycles. The number of halogens is 6. The van der Waals surface area contributed by atoms with Crippen LogP contribution >= 0.6 is 0 Å². The maximum Gasteiger partial charge on any atom is 0.434 e. The summed E-state index contributed by atoms with van der Waals surface area (Å²) in [6, 6.07) is 1.63. The highest BCUT2D eigenvalue weighted by atomic mass is 19.4. The number of aromatic nitrogens is 2. The lowest BCUT2D eigenvalue weighted by atomic mass is 9.86. The minimum atomic E-state index is -5.79. The van der Waals surface area contributed by atoms with Gasteiger partial charge in [-0.25, -0.2) is 14.8 Å². The van der Waals surface area contributed by atoms with Crippen LogP contribution in [0.3, 0.4) is 0 Å². The van der Waals surface area contributed by atoms with Gasteiger partial charge in [0, 0.05) is 44.7 Å². The lowest BCUT2D eigenvalue weighted by molar-refractivity contribution is -0.308. The van der Waals surface area contributed by atoms with E-state index in [1.807, 2.05) is 0 Å². The van der Waals surface area contributed by atoms with Crippen molar-refractivity contribution in [3.63, 3.8) is 0 Å². The van der Waals surface area contributed by atoms with Crippen LogP contribution in [0.5, 0.6) is 0 Å². The molecular formula is C21H26F6N4O4. The van der Waals surface area contributed by atoms with Crippen LogP contribution in [0.1, 0.15) is 38.4 Å². The van der Waals surface area contributed by atoms with E-state index in [1.165, 1.54) is 19.5 Å². The van der Waals surface area contributed by atoms with Crippen LogP contribution in [-0.4, -0.2) is 89.1 Å². The summed E-state index contributed by atoms with van der Waals surface area (Å²) >= 11 is 0. The Morgan fingerprint density at radius 1 is 1.06 bits per heavy atom. The second kappa shape index (κ2) is 9.78. The molecule has 1 aromatic heterocycles. The second-order valence-electron chi connectivity index (χ2n) is 8.94. The summed E-state index contributed by atoms with van der Waals surface area (Å²) in [4.78, 5) is 36.6. The van der Waals surface area contributed by atoms with E-state index in [-0.39, 0.29) is 45.0 Å². The second-order valence-corrected chi connectivity index (χ2v) is 8.94. The fourth-order valence-electron chi connectivity index (χ4n) is 4.20. The number of amides is 2. The summed E-state index contributed by atoms with van der Waals surface area (Å²) in [5.41, 5.74) is -1.72. The summed E-state index contributed by atoms with van der Waals surface area (Å²) in [5.74, 6) is 0.163. The van der Waals surface area contributed by atoms with Gasteiger partial charge in [0.15, 0.2) is 0 Å². The zero-order valence-corrected chi connectivity index (χ0v) is 19.2. The molecule has 35 heavy (non-hydrogen) atoms. The van der Waals surface area contributed by atoms with Crippen molar-refractivity contribution in [2.75, 3.05) is 33.4 Å². The largest absolute Gasteiger partial charge is 0.434 e. The first-order chi connectivity index (χ1) is 16.2. The third-order valence-corrected chi connectivity index (χ3v) is 6.48. The molecule has 0 radical (unpaired) electrons. The van der Waals surface area contributed by atoms with E-state index in [2.05, 4.69) is 14.7 Å². The van der Waals surface area contributed by atoms with Crippen molar-refractivity contribution in [3.8, 4) is 0 Å². The normalized spacial score (nSPS) is 19.4. The minimum absolute atomic E-state index is 0.117. The highest BCUT2D eigenvalue weighted by Crippen LogP contribution is 2.49. The Bertz CT molecular complexity index is 885. The van der Waals surface area contributed by atoms with Crippen molar-refractivity contribution in [1.82, 2.24) is 19.8 Å². The summed E-state index contributed by atoms with van der Waals surface area (Å²) in [7, 11) is 1.47. The number of nitrogens with zero attached hydrogens (tertiary/aromatic N) is 4. The van der Waals surface area contributed by atoms with Crippen molar-refractivity contribution in [1.29, 1.82) is 0 Å². The van der Waals surface area contributed by atoms with Crippen molar-refractivity contribution in [3.05, 3.63) is 24.3 Å². The average Bonchev–Trinajstić information content (AvgIpc) is 3.59. The Morgan fingerprint density at radius 2 is 1.60 bits per heavy atom. The maximum atomic E-state index is 13.7. The molecule has 1 saturated carbocycles. The summed E-state index contributed by atoms with van der Waals surface area (Å²) in [6.07, 6.45) is -13.1. The van der Waals surface area contributed by atoms with Gasteiger partial charge in [-0.1, -0.05) is 0 Å². The Kier molecular flexibility index (Phi) is 7.53. The van der Waals surface area contributed by atoms with Crippen LogP contribution in [0.2, 0.25) is 0 Å². The number of methoxy groups -OCH3 is 1. The van der Waals surface area contributed by atoms with E-state index >= 15 is 0 Å². The van der Waals surface area contributed by atoms with Crippen molar-refractivity contribution in [2.24, 2.45) is 0 Å². The molecule has 2 amide bonds. The van der Waals surface area contributed by atoms with Crippen molar-refractivity contribution in [2.45, 2.75) is 62.0 Å². The number of alkyl halides is 6. The standard InChI is InChI=1S/C21H26F6N4O4/c1-18(6-10-30(11-7-18)17(33)35-14(20(22,23)24)21(25,26)27)31(12-13-34-2)16(32)19(4-5-19)15-28-8-3-9-29-15/h3,8-9,14H,4-7,10-13H2,1-2H3. The number of piperidine rings is 1. The van der Waals surface area contributed by atoms with Crippen LogP contribution in [0, 0.1) is 0 Å². The number of likely N-dealkylation sites (tertiary alicyclic amines) is 1. The van der Waals surface area contributed by atoms with Crippen molar-refractivity contribution < 1.29 is 45.4 Å². The summed E-state index contributed by atoms with van der Waals surface area (Å²) < 4.78 is 85.5. The molecule has 196 valence electrons. The van der Waals surface area contributed by atoms with E-state index in [4.69, 9.17) is 4.74 Å². The molecule has 1 aromatic rings. The van der Waals surface area contributed by atoms with E-state index in [1.54, 1.807) is 17.9 Å². The summed E-state index contributed by atoms with van der Waals surface area (Å²) in [5, 5.41) is 0.